The molecule has 0 aliphatic heterocycles. The molecule has 1 aromatic heterocycles. The average molecular weight is 285 g/mol. The van der Waals surface area contributed by atoms with E-state index < -0.39 is 5.97 Å². The van der Waals surface area contributed by atoms with Crippen LogP contribution in [0.5, 0.6) is 0 Å². The van der Waals surface area contributed by atoms with Gasteiger partial charge in [-0.15, -0.1) is 0 Å². The molecular formula is C16H15NO4. The molecule has 0 bridgehead atoms. The molecular weight excluding hydrogens is 270 g/mol. The fraction of sp³-hybridized carbons (Fsp3) is 0.125. The van der Waals surface area contributed by atoms with E-state index in [1.165, 1.54) is 25.0 Å². The maximum absolute atomic E-state index is 12.5. The van der Waals surface area contributed by atoms with E-state index in [0.717, 1.165) is 0 Å². The Morgan fingerprint density at radius 2 is 1.76 bits per heavy atom. The predicted molar refractivity (Wildman–Crippen MR) is 77.6 cm³/mol. The first kappa shape index (κ1) is 14.6. The molecule has 0 radical (unpaired) electrons. The number of nitrogens with zero attached hydrogens (tertiary/aromatic N) is 1. The first-order chi connectivity index (χ1) is 10.2. The number of hydrogen-bond acceptors (Lipinski definition) is 4. The summed E-state index contributed by atoms with van der Waals surface area (Å²) in [5.74, 6) is -0.776. The number of hydrogen-bond donors (Lipinski definition) is 0. The molecule has 0 unspecified atom stereocenters. The van der Waals surface area contributed by atoms with Crippen molar-refractivity contribution in [1.29, 1.82) is 0 Å². The first-order valence-corrected chi connectivity index (χ1v) is 6.27. The Labute approximate surface area is 122 Å². The number of ether oxygens (including phenoxy) is 2. The van der Waals surface area contributed by atoms with Crippen molar-refractivity contribution in [1.82, 2.24) is 4.57 Å². The SMILES string of the molecule is COC=C(C(=O)OC)n1cccc1C(=O)c1ccccc1. The second-order valence-corrected chi connectivity index (χ2v) is 4.19. The summed E-state index contributed by atoms with van der Waals surface area (Å²) in [6.07, 6.45) is 2.85. The van der Waals surface area contributed by atoms with E-state index >= 15 is 0 Å². The standard InChI is InChI=1S/C16H15NO4/c1-20-11-14(16(19)21-2)17-10-6-9-13(17)15(18)12-7-4-3-5-8-12/h3-11H,1-2H3. The Morgan fingerprint density at radius 1 is 1.05 bits per heavy atom. The van der Waals surface area contributed by atoms with Gasteiger partial charge in [0.05, 0.1) is 19.9 Å². The summed E-state index contributed by atoms with van der Waals surface area (Å²) in [7, 11) is 2.69. The van der Waals surface area contributed by atoms with Crippen molar-refractivity contribution in [3.63, 3.8) is 0 Å². The van der Waals surface area contributed by atoms with Gasteiger partial charge in [0.25, 0.3) is 0 Å². The average Bonchev–Trinajstić information content (AvgIpc) is 3.01. The number of aromatic nitrogens is 1. The highest BCUT2D eigenvalue weighted by atomic mass is 16.5. The fourth-order valence-electron chi connectivity index (χ4n) is 1.93. The molecule has 108 valence electrons. The highest BCUT2D eigenvalue weighted by Gasteiger charge is 2.20. The zero-order chi connectivity index (χ0) is 15.2. The quantitative estimate of drug-likeness (QED) is 0.366. The molecule has 1 aromatic carbocycles. The van der Waals surface area contributed by atoms with Gasteiger partial charge in [-0.25, -0.2) is 4.79 Å². The summed E-state index contributed by atoms with van der Waals surface area (Å²) in [5, 5.41) is 0. The molecule has 0 amide bonds. The molecule has 0 spiro atoms. The van der Waals surface area contributed by atoms with Crippen molar-refractivity contribution < 1.29 is 19.1 Å². The summed E-state index contributed by atoms with van der Waals surface area (Å²) >= 11 is 0. The Hall–Kier alpha value is -2.82. The van der Waals surface area contributed by atoms with Crippen molar-refractivity contribution in [2.75, 3.05) is 14.2 Å². The lowest BCUT2D eigenvalue weighted by Gasteiger charge is -2.10. The van der Waals surface area contributed by atoms with Crippen LogP contribution in [0.3, 0.4) is 0 Å². The van der Waals surface area contributed by atoms with E-state index in [4.69, 9.17) is 9.47 Å². The third kappa shape index (κ3) is 3.02. The minimum atomic E-state index is -0.588. The van der Waals surface area contributed by atoms with E-state index in [-0.39, 0.29) is 11.5 Å². The monoisotopic (exact) mass is 285 g/mol. The normalized spacial score (nSPS) is 11.0. The van der Waals surface area contributed by atoms with E-state index in [2.05, 4.69) is 0 Å². The molecule has 2 rings (SSSR count). The Balaban J connectivity index is 2.45. The summed E-state index contributed by atoms with van der Waals surface area (Å²) < 4.78 is 11.1. The van der Waals surface area contributed by atoms with E-state index in [0.29, 0.717) is 11.3 Å². The predicted octanol–water partition coefficient (Wildman–Crippen LogP) is 2.34. The number of methoxy groups -OCH3 is 2. The van der Waals surface area contributed by atoms with Crippen LogP contribution in [0.4, 0.5) is 0 Å². The minimum absolute atomic E-state index is 0.129. The van der Waals surface area contributed by atoms with Crippen LogP contribution in [0.25, 0.3) is 5.70 Å². The summed E-state index contributed by atoms with van der Waals surface area (Å²) in [4.78, 5) is 24.3. The number of carbonyl (C=O) groups excluding carboxylic acids is 2. The number of benzene rings is 1. The lowest BCUT2D eigenvalue weighted by atomic mass is 10.1. The van der Waals surface area contributed by atoms with Crippen LogP contribution >= 0.6 is 0 Å². The molecule has 5 nitrogen and oxygen atoms in total. The molecule has 0 aliphatic rings. The van der Waals surface area contributed by atoms with Crippen molar-refractivity contribution in [3.8, 4) is 0 Å². The second kappa shape index (κ2) is 6.56. The zero-order valence-corrected chi connectivity index (χ0v) is 11.8. The van der Waals surface area contributed by atoms with Crippen molar-refractivity contribution in [2.24, 2.45) is 0 Å². The Bertz CT molecular complexity index is 671. The molecule has 0 saturated carbocycles. The molecule has 0 aliphatic carbocycles. The lowest BCUT2D eigenvalue weighted by molar-refractivity contribution is -0.134. The summed E-state index contributed by atoms with van der Waals surface area (Å²) in [6, 6.07) is 12.2. The molecule has 21 heavy (non-hydrogen) atoms. The number of esters is 1. The number of ketones is 1. The van der Waals surface area contributed by atoms with E-state index in [1.807, 2.05) is 6.07 Å². The topological polar surface area (TPSA) is 57.5 Å². The first-order valence-electron chi connectivity index (χ1n) is 6.27. The van der Waals surface area contributed by atoms with Gasteiger partial charge in [-0.3, -0.25) is 4.79 Å². The van der Waals surface area contributed by atoms with Crippen molar-refractivity contribution >= 4 is 17.4 Å². The minimum Gasteiger partial charge on any atom is -0.502 e. The summed E-state index contributed by atoms with van der Waals surface area (Å²) in [5.41, 5.74) is 1.03. The maximum Gasteiger partial charge on any atom is 0.358 e. The third-order valence-corrected chi connectivity index (χ3v) is 2.90. The van der Waals surface area contributed by atoms with Crippen molar-refractivity contribution in [3.05, 3.63) is 66.2 Å². The van der Waals surface area contributed by atoms with Gasteiger partial charge in [0.2, 0.25) is 5.78 Å². The molecule has 0 atom stereocenters. The smallest absolute Gasteiger partial charge is 0.358 e. The van der Waals surface area contributed by atoms with Gasteiger partial charge in [0.1, 0.15) is 6.26 Å². The highest BCUT2D eigenvalue weighted by Crippen LogP contribution is 2.16. The molecule has 0 fully saturated rings. The van der Waals surface area contributed by atoms with E-state index in [9.17, 15) is 9.59 Å². The molecule has 5 heteroatoms. The van der Waals surface area contributed by atoms with Gasteiger partial charge in [0.15, 0.2) is 5.70 Å². The summed E-state index contributed by atoms with van der Waals surface area (Å²) in [6.45, 7) is 0. The van der Waals surface area contributed by atoms with Crippen LogP contribution in [-0.4, -0.2) is 30.5 Å². The Kier molecular flexibility index (Phi) is 4.56. The van der Waals surface area contributed by atoms with Crippen LogP contribution in [0.15, 0.2) is 54.9 Å². The van der Waals surface area contributed by atoms with Crippen molar-refractivity contribution in [2.45, 2.75) is 0 Å². The van der Waals surface area contributed by atoms with E-state index in [1.54, 1.807) is 42.6 Å². The highest BCUT2D eigenvalue weighted by molar-refractivity contribution is 6.14. The van der Waals surface area contributed by atoms with Crippen LogP contribution in [0, 0.1) is 0 Å². The molecule has 0 saturated heterocycles. The van der Waals surface area contributed by atoms with Gasteiger partial charge in [-0.2, -0.15) is 0 Å². The number of carbonyl (C=O) groups is 2. The number of rotatable bonds is 5. The van der Waals surface area contributed by atoms with Crippen LogP contribution < -0.4 is 0 Å². The molecule has 0 N–H and O–H groups in total. The van der Waals surface area contributed by atoms with Crippen LogP contribution in [0.1, 0.15) is 16.1 Å². The maximum atomic E-state index is 12.5. The zero-order valence-electron chi connectivity index (χ0n) is 11.8. The molecule has 2 aromatic rings. The second-order valence-electron chi connectivity index (χ2n) is 4.19. The fourth-order valence-corrected chi connectivity index (χ4v) is 1.93. The van der Waals surface area contributed by atoms with Crippen LogP contribution in [-0.2, 0) is 14.3 Å². The van der Waals surface area contributed by atoms with Gasteiger partial charge in [-0.1, -0.05) is 30.3 Å². The Morgan fingerprint density at radius 3 is 2.38 bits per heavy atom. The van der Waals surface area contributed by atoms with Gasteiger partial charge >= 0.3 is 5.97 Å². The largest absolute Gasteiger partial charge is 0.502 e. The molecule has 1 heterocycles. The van der Waals surface area contributed by atoms with Gasteiger partial charge < -0.3 is 14.0 Å². The lowest BCUT2D eigenvalue weighted by Crippen LogP contribution is -2.15. The van der Waals surface area contributed by atoms with Gasteiger partial charge in [0, 0.05) is 11.8 Å². The van der Waals surface area contributed by atoms with Crippen LogP contribution in [0.2, 0.25) is 0 Å². The van der Waals surface area contributed by atoms with Gasteiger partial charge in [-0.05, 0) is 12.1 Å². The third-order valence-electron chi connectivity index (χ3n) is 2.90.